The van der Waals surface area contributed by atoms with Crippen molar-refractivity contribution in [3.8, 4) is 0 Å². The average molecular weight is 315 g/mol. The normalized spacial score (nSPS) is 11.8. The first-order valence-corrected chi connectivity index (χ1v) is 7.60. The largest absolute Gasteiger partial charge is 0.352 e. The van der Waals surface area contributed by atoms with Gasteiger partial charge in [-0.25, -0.2) is 21.9 Å². The summed E-state index contributed by atoms with van der Waals surface area (Å²) in [5.74, 6) is -1.30. The van der Waals surface area contributed by atoms with Crippen LogP contribution in [-0.2, 0) is 30.2 Å². The van der Waals surface area contributed by atoms with Crippen molar-refractivity contribution >= 4 is 10.0 Å². The maximum atomic E-state index is 13.4. The molecule has 0 radical (unpaired) electrons. The van der Waals surface area contributed by atoms with E-state index in [4.69, 9.17) is 5.73 Å². The molecule has 3 N–H and O–H groups in total. The van der Waals surface area contributed by atoms with Crippen LogP contribution in [0.25, 0.3) is 0 Å². The number of nitrogens with one attached hydrogen (secondary N) is 1. The Kier molecular flexibility index (Phi) is 4.40. The second-order valence-electron chi connectivity index (χ2n) is 4.54. The SMILES string of the molecule is Cn1cc(S(=O)(=O)NCc2cc(F)ccc2F)cc1CN. The zero-order chi connectivity index (χ0) is 15.6. The molecule has 0 bridgehead atoms. The van der Waals surface area contributed by atoms with Gasteiger partial charge in [-0.1, -0.05) is 0 Å². The summed E-state index contributed by atoms with van der Waals surface area (Å²) in [6.45, 7) is -0.136. The van der Waals surface area contributed by atoms with Gasteiger partial charge in [0.25, 0.3) is 0 Å². The van der Waals surface area contributed by atoms with Crippen molar-refractivity contribution in [2.24, 2.45) is 12.8 Å². The number of aromatic nitrogens is 1. The molecular formula is C13H15F2N3O2S. The second kappa shape index (κ2) is 5.92. The summed E-state index contributed by atoms with van der Waals surface area (Å²) < 4.78 is 54.5. The Morgan fingerprint density at radius 2 is 2.00 bits per heavy atom. The molecule has 0 spiro atoms. The molecule has 1 aromatic heterocycles. The lowest BCUT2D eigenvalue weighted by Gasteiger charge is -2.06. The molecule has 1 aromatic carbocycles. The van der Waals surface area contributed by atoms with Crippen LogP contribution in [-0.4, -0.2) is 13.0 Å². The van der Waals surface area contributed by atoms with Gasteiger partial charge in [0.05, 0.1) is 4.90 Å². The lowest BCUT2D eigenvalue weighted by molar-refractivity contribution is 0.567. The minimum Gasteiger partial charge on any atom is -0.352 e. The molecule has 0 atom stereocenters. The monoisotopic (exact) mass is 315 g/mol. The summed E-state index contributed by atoms with van der Waals surface area (Å²) in [6, 6.07) is 4.31. The van der Waals surface area contributed by atoms with Crippen LogP contribution in [0.2, 0.25) is 0 Å². The first-order valence-electron chi connectivity index (χ1n) is 6.12. The smallest absolute Gasteiger partial charge is 0.242 e. The molecule has 8 heteroatoms. The minimum atomic E-state index is -3.82. The molecule has 0 aliphatic carbocycles. The van der Waals surface area contributed by atoms with Crippen LogP contribution >= 0.6 is 0 Å². The Bertz CT molecular complexity index is 757. The molecule has 21 heavy (non-hydrogen) atoms. The lowest BCUT2D eigenvalue weighted by Crippen LogP contribution is -2.23. The maximum Gasteiger partial charge on any atom is 0.242 e. The van der Waals surface area contributed by atoms with Crippen LogP contribution in [0.1, 0.15) is 11.3 Å². The van der Waals surface area contributed by atoms with Crippen molar-refractivity contribution in [2.45, 2.75) is 18.0 Å². The molecule has 0 saturated carbocycles. The van der Waals surface area contributed by atoms with Gasteiger partial charge < -0.3 is 10.3 Å². The quantitative estimate of drug-likeness (QED) is 0.871. The van der Waals surface area contributed by atoms with Crippen LogP contribution in [0.3, 0.4) is 0 Å². The van der Waals surface area contributed by atoms with Crippen molar-refractivity contribution in [2.75, 3.05) is 0 Å². The van der Waals surface area contributed by atoms with Gasteiger partial charge in [0.1, 0.15) is 11.6 Å². The Balaban J connectivity index is 2.19. The molecule has 0 aliphatic heterocycles. The third-order valence-electron chi connectivity index (χ3n) is 3.06. The van der Waals surface area contributed by atoms with E-state index in [1.165, 1.54) is 12.3 Å². The van der Waals surface area contributed by atoms with Crippen LogP contribution in [0.5, 0.6) is 0 Å². The van der Waals surface area contributed by atoms with Crippen LogP contribution in [0.15, 0.2) is 35.4 Å². The Morgan fingerprint density at radius 1 is 1.29 bits per heavy atom. The molecule has 0 fully saturated rings. The van der Waals surface area contributed by atoms with Crippen molar-refractivity contribution in [3.05, 3.63) is 53.4 Å². The topological polar surface area (TPSA) is 77.1 Å². The molecule has 0 unspecified atom stereocenters. The predicted molar refractivity (Wildman–Crippen MR) is 73.7 cm³/mol. The zero-order valence-electron chi connectivity index (χ0n) is 11.3. The maximum absolute atomic E-state index is 13.4. The number of rotatable bonds is 5. The number of halogens is 2. The van der Waals surface area contributed by atoms with Gasteiger partial charge in [-0.3, -0.25) is 0 Å². The van der Waals surface area contributed by atoms with Gasteiger partial charge in [-0.15, -0.1) is 0 Å². The van der Waals surface area contributed by atoms with E-state index in [0.29, 0.717) is 5.69 Å². The van der Waals surface area contributed by atoms with Crippen LogP contribution < -0.4 is 10.5 Å². The highest BCUT2D eigenvalue weighted by Gasteiger charge is 2.17. The summed E-state index contributed by atoms with van der Waals surface area (Å²) in [4.78, 5) is 0.0299. The van der Waals surface area contributed by atoms with E-state index < -0.39 is 21.7 Å². The average Bonchev–Trinajstić information content (AvgIpc) is 2.82. The van der Waals surface area contributed by atoms with E-state index in [9.17, 15) is 17.2 Å². The fourth-order valence-electron chi connectivity index (χ4n) is 1.86. The number of hydrogen-bond donors (Lipinski definition) is 2. The van der Waals surface area contributed by atoms with E-state index in [1.54, 1.807) is 11.6 Å². The predicted octanol–water partition coefficient (Wildman–Crippen LogP) is 1.24. The molecule has 0 amide bonds. The summed E-state index contributed by atoms with van der Waals surface area (Å²) >= 11 is 0. The molecule has 0 saturated heterocycles. The van der Waals surface area contributed by atoms with Gasteiger partial charge in [0.2, 0.25) is 10.0 Å². The van der Waals surface area contributed by atoms with E-state index in [1.807, 2.05) is 0 Å². The summed E-state index contributed by atoms with van der Waals surface area (Å²) in [7, 11) is -2.14. The van der Waals surface area contributed by atoms with E-state index in [0.717, 1.165) is 18.2 Å². The van der Waals surface area contributed by atoms with Crippen molar-refractivity contribution in [3.63, 3.8) is 0 Å². The molecule has 5 nitrogen and oxygen atoms in total. The second-order valence-corrected chi connectivity index (χ2v) is 6.31. The molecule has 2 aromatic rings. The van der Waals surface area contributed by atoms with Gasteiger partial charge in [0.15, 0.2) is 0 Å². The summed E-state index contributed by atoms with van der Waals surface area (Å²) in [5, 5.41) is 0. The van der Waals surface area contributed by atoms with Crippen LogP contribution in [0, 0.1) is 11.6 Å². The Labute approximate surface area is 121 Å². The highest BCUT2D eigenvalue weighted by Crippen LogP contribution is 2.15. The Hall–Kier alpha value is -1.77. The minimum absolute atomic E-state index is 0.0299. The number of sulfonamides is 1. The standard InChI is InChI=1S/C13H15F2N3O2S/c1-18-8-12(5-11(18)6-16)21(19,20)17-7-9-4-10(14)2-3-13(9)15/h2-5,8,17H,6-7,16H2,1H3. The van der Waals surface area contributed by atoms with Crippen molar-refractivity contribution in [1.82, 2.24) is 9.29 Å². The third-order valence-corrected chi connectivity index (χ3v) is 4.43. The Morgan fingerprint density at radius 3 is 2.62 bits per heavy atom. The number of benzene rings is 1. The lowest BCUT2D eigenvalue weighted by atomic mass is 10.2. The molecule has 114 valence electrons. The van der Waals surface area contributed by atoms with Crippen molar-refractivity contribution < 1.29 is 17.2 Å². The van der Waals surface area contributed by atoms with Crippen LogP contribution in [0.4, 0.5) is 8.78 Å². The van der Waals surface area contributed by atoms with E-state index in [-0.39, 0.29) is 23.5 Å². The van der Waals surface area contributed by atoms with Gasteiger partial charge in [-0.2, -0.15) is 0 Å². The highest BCUT2D eigenvalue weighted by molar-refractivity contribution is 7.89. The van der Waals surface area contributed by atoms with Crippen molar-refractivity contribution in [1.29, 1.82) is 0 Å². The third kappa shape index (κ3) is 3.46. The summed E-state index contributed by atoms with van der Waals surface area (Å²) in [6.07, 6.45) is 1.41. The summed E-state index contributed by atoms with van der Waals surface area (Å²) in [5.41, 5.74) is 6.07. The van der Waals surface area contributed by atoms with Gasteiger partial charge in [-0.05, 0) is 24.3 Å². The van der Waals surface area contributed by atoms with E-state index >= 15 is 0 Å². The first-order chi connectivity index (χ1) is 9.83. The van der Waals surface area contributed by atoms with Gasteiger partial charge >= 0.3 is 0 Å². The molecular weight excluding hydrogens is 300 g/mol. The zero-order valence-corrected chi connectivity index (χ0v) is 12.1. The number of aryl methyl sites for hydroxylation is 1. The molecule has 1 heterocycles. The number of nitrogens with two attached hydrogens (primary N) is 1. The number of hydrogen-bond acceptors (Lipinski definition) is 3. The number of nitrogens with zero attached hydrogens (tertiary/aromatic N) is 1. The fraction of sp³-hybridized carbons (Fsp3) is 0.231. The molecule has 2 rings (SSSR count). The molecule has 0 aliphatic rings. The van der Waals surface area contributed by atoms with Gasteiger partial charge in [0, 0.05) is 37.6 Å². The first kappa shape index (κ1) is 15.6. The fourth-order valence-corrected chi connectivity index (χ4v) is 2.96. The highest BCUT2D eigenvalue weighted by atomic mass is 32.2. The van der Waals surface area contributed by atoms with E-state index in [2.05, 4.69) is 4.72 Å².